The second kappa shape index (κ2) is 7.11. The lowest BCUT2D eigenvalue weighted by Gasteiger charge is -2.07. The molecule has 0 atom stereocenters. The molecule has 0 N–H and O–H groups in total. The SMILES string of the molecule is CCCCCCC(=O)Oc1c(F)c(F)cc(F)c1F. The van der Waals surface area contributed by atoms with E-state index in [4.69, 9.17) is 0 Å². The molecule has 1 aromatic carbocycles. The van der Waals surface area contributed by atoms with Gasteiger partial charge in [0.15, 0.2) is 11.6 Å². The number of unbranched alkanes of at least 4 members (excludes halogenated alkanes) is 3. The van der Waals surface area contributed by atoms with Crippen molar-refractivity contribution < 1.29 is 27.1 Å². The van der Waals surface area contributed by atoms with E-state index in [0.717, 1.165) is 19.3 Å². The molecule has 0 aromatic heterocycles. The van der Waals surface area contributed by atoms with E-state index in [-0.39, 0.29) is 12.5 Å². The molecule has 1 aromatic rings. The Labute approximate surface area is 108 Å². The van der Waals surface area contributed by atoms with Crippen LogP contribution in [0.2, 0.25) is 0 Å². The molecule has 0 spiro atoms. The van der Waals surface area contributed by atoms with Gasteiger partial charge in [-0.3, -0.25) is 4.79 Å². The number of benzene rings is 1. The number of rotatable bonds is 6. The van der Waals surface area contributed by atoms with Crippen molar-refractivity contribution in [1.29, 1.82) is 0 Å². The first-order chi connectivity index (χ1) is 8.97. The summed E-state index contributed by atoms with van der Waals surface area (Å²) in [5, 5.41) is 0. The Morgan fingerprint density at radius 2 is 1.63 bits per heavy atom. The van der Waals surface area contributed by atoms with Crippen molar-refractivity contribution in [3.05, 3.63) is 29.3 Å². The molecule has 6 heteroatoms. The van der Waals surface area contributed by atoms with Crippen molar-refractivity contribution in [3.8, 4) is 5.75 Å². The van der Waals surface area contributed by atoms with Gasteiger partial charge in [0.05, 0.1) is 0 Å². The van der Waals surface area contributed by atoms with Crippen molar-refractivity contribution in [1.82, 2.24) is 0 Å². The summed E-state index contributed by atoms with van der Waals surface area (Å²) in [6.45, 7) is 1.98. The van der Waals surface area contributed by atoms with Crippen molar-refractivity contribution in [3.63, 3.8) is 0 Å². The Kier molecular flexibility index (Phi) is 5.79. The second-order valence-corrected chi connectivity index (χ2v) is 4.08. The second-order valence-electron chi connectivity index (χ2n) is 4.08. The third-order valence-electron chi connectivity index (χ3n) is 2.52. The summed E-state index contributed by atoms with van der Waals surface area (Å²) >= 11 is 0. The van der Waals surface area contributed by atoms with E-state index in [1.165, 1.54) is 0 Å². The number of carbonyl (C=O) groups excluding carboxylic acids is 1. The Morgan fingerprint density at radius 3 is 2.16 bits per heavy atom. The van der Waals surface area contributed by atoms with Gasteiger partial charge in [0.1, 0.15) is 0 Å². The summed E-state index contributed by atoms with van der Waals surface area (Å²) in [5.74, 6) is -8.86. The van der Waals surface area contributed by atoms with Crippen LogP contribution in [0, 0.1) is 23.3 Å². The summed E-state index contributed by atoms with van der Waals surface area (Å²) in [6, 6.07) is 0.0588. The average molecular weight is 278 g/mol. The smallest absolute Gasteiger partial charge is 0.311 e. The average Bonchev–Trinajstić information content (AvgIpc) is 2.37. The van der Waals surface area contributed by atoms with Gasteiger partial charge < -0.3 is 4.74 Å². The molecule has 0 saturated heterocycles. The molecule has 1 rings (SSSR count). The van der Waals surface area contributed by atoms with Gasteiger partial charge in [0, 0.05) is 12.5 Å². The van der Waals surface area contributed by atoms with Crippen LogP contribution in [0.4, 0.5) is 17.6 Å². The molecule has 0 bridgehead atoms. The lowest BCUT2D eigenvalue weighted by atomic mass is 10.1. The number of carbonyl (C=O) groups is 1. The highest BCUT2D eigenvalue weighted by atomic mass is 19.2. The zero-order valence-corrected chi connectivity index (χ0v) is 10.4. The molecule has 2 nitrogen and oxygen atoms in total. The number of esters is 1. The number of halogens is 4. The van der Waals surface area contributed by atoms with E-state index in [1.807, 2.05) is 6.92 Å². The molecule has 106 valence electrons. The van der Waals surface area contributed by atoms with Gasteiger partial charge in [-0.25, -0.2) is 8.78 Å². The van der Waals surface area contributed by atoms with Crippen molar-refractivity contribution in [2.24, 2.45) is 0 Å². The molecule has 0 fully saturated rings. The molecule has 0 saturated carbocycles. The first-order valence-electron chi connectivity index (χ1n) is 6.01. The molecule has 0 unspecified atom stereocenters. The van der Waals surface area contributed by atoms with Crippen LogP contribution >= 0.6 is 0 Å². The monoisotopic (exact) mass is 278 g/mol. The van der Waals surface area contributed by atoms with Crippen LogP contribution in [0.5, 0.6) is 5.75 Å². The summed E-state index contributed by atoms with van der Waals surface area (Å²) in [7, 11) is 0. The van der Waals surface area contributed by atoms with Crippen molar-refractivity contribution >= 4 is 5.97 Å². The van der Waals surface area contributed by atoms with E-state index in [0.29, 0.717) is 6.42 Å². The van der Waals surface area contributed by atoms with Gasteiger partial charge in [-0.05, 0) is 6.42 Å². The van der Waals surface area contributed by atoms with E-state index < -0.39 is 35.0 Å². The highest BCUT2D eigenvalue weighted by molar-refractivity contribution is 5.72. The molecule has 0 heterocycles. The van der Waals surface area contributed by atoms with Crippen molar-refractivity contribution in [2.75, 3.05) is 0 Å². The first kappa shape index (κ1) is 15.5. The predicted molar refractivity (Wildman–Crippen MR) is 60.7 cm³/mol. The minimum atomic E-state index is -1.71. The maximum atomic E-state index is 13.2. The van der Waals surface area contributed by atoms with Gasteiger partial charge in [-0.1, -0.05) is 26.2 Å². The van der Waals surface area contributed by atoms with Gasteiger partial charge in [0.2, 0.25) is 17.4 Å². The minimum Gasteiger partial charge on any atom is -0.420 e. The Bertz CT molecular complexity index is 434. The number of ether oxygens (including phenoxy) is 1. The van der Waals surface area contributed by atoms with Crippen LogP contribution in [-0.4, -0.2) is 5.97 Å². The standard InChI is InChI=1S/C13H14F4O2/c1-2-3-4-5-6-10(18)19-13-11(16)8(14)7-9(15)12(13)17/h7H,2-6H2,1H3. The zero-order chi connectivity index (χ0) is 14.4. The first-order valence-corrected chi connectivity index (χ1v) is 6.01. The summed E-state index contributed by atoms with van der Waals surface area (Å²) < 4.78 is 56.4. The van der Waals surface area contributed by atoms with E-state index in [1.54, 1.807) is 0 Å². The molecular formula is C13H14F4O2. The van der Waals surface area contributed by atoms with Crippen molar-refractivity contribution in [2.45, 2.75) is 39.0 Å². The normalized spacial score (nSPS) is 10.6. The Hall–Kier alpha value is -1.59. The topological polar surface area (TPSA) is 26.3 Å². The van der Waals surface area contributed by atoms with Gasteiger partial charge in [-0.2, -0.15) is 8.78 Å². The van der Waals surface area contributed by atoms with Gasteiger partial charge >= 0.3 is 5.97 Å². The number of hydrogen-bond donors (Lipinski definition) is 0. The zero-order valence-electron chi connectivity index (χ0n) is 10.4. The lowest BCUT2D eigenvalue weighted by Crippen LogP contribution is -2.11. The van der Waals surface area contributed by atoms with E-state index in [9.17, 15) is 22.4 Å². The maximum absolute atomic E-state index is 13.2. The third-order valence-corrected chi connectivity index (χ3v) is 2.52. The molecule has 0 aliphatic rings. The highest BCUT2D eigenvalue weighted by Crippen LogP contribution is 2.26. The van der Waals surface area contributed by atoms with Crippen LogP contribution in [0.3, 0.4) is 0 Å². The maximum Gasteiger partial charge on any atom is 0.311 e. The molecule has 0 amide bonds. The fraction of sp³-hybridized carbons (Fsp3) is 0.462. The molecular weight excluding hydrogens is 264 g/mol. The molecule has 0 aliphatic carbocycles. The Morgan fingerprint density at radius 1 is 1.05 bits per heavy atom. The summed E-state index contributed by atoms with van der Waals surface area (Å²) in [6.07, 6.45) is 3.09. The molecule has 0 aliphatic heterocycles. The molecule has 19 heavy (non-hydrogen) atoms. The number of hydrogen-bond acceptors (Lipinski definition) is 2. The van der Waals surface area contributed by atoms with Gasteiger partial charge in [0.25, 0.3) is 0 Å². The van der Waals surface area contributed by atoms with Crippen LogP contribution in [-0.2, 0) is 4.79 Å². The highest BCUT2D eigenvalue weighted by Gasteiger charge is 2.22. The van der Waals surface area contributed by atoms with E-state index in [2.05, 4.69) is 4.74 Å². The minimum absolute atomic E-state index is 0.0585. The van der Waals surface area contributed by atoms with Crippen LogP contribution in [0.15, 0.2) is 6.07 Å². The van der Waals surface area contributed by atoms with Crippen LogP contribution in [0.1, 0.15) is 39.0 Å². The van der Waals surface area contributed by atoms with Crippen LogP contribution < -0.4 is 4.74 Å². The van der Waals surface area contributed by atoms with Crippen LogP contribution in [0.25, 0.3) is 0 Å². The Balaban J connectivity index is 2.69. The fourth-order valence-corrected chi connectivity index (χ4v) is 1.50. The summed E-state index contributed by atoms with van der Waals surface area (Å²) in [5.41, 5.74) is 0. The lowest BCUT2D eigenvalue weighted by molar-refractivity contribution is -0.135. The third kappa shape index (κ3) is 4.22. The predicted octanol–water partition coefficient (Wildman–Crippen LogP) is 4.12. The summed E-state index contributed by atoms with van der Waals surface area (Å²) in [4.78, 5) is 11.3. The fourth-order valence-electron chi connectivity index (χ4n) is 1.50. The molecule has 0 radical (unpaired) electrons. The van der Waals surface area contributed by atoms with Gasteiger partial charge in [-0.15, -0.1) is 0 Å². The quantitative estimate of drug-likeness (QED) is 0.257. The largest absolute Gasteiger partial charge is 0.420 e. The van der Waals surface area contributed by atoms with E-state index >= 15 is 0 Å².